The second kappa shape index (κ2) is 9.45. The van der Waals surface area contributed by atoms with E-state index in [1.165, 1.54) is 40.2 Å². The SMILES string of the molecule is C=CCOC(=O)NCc1nc(C)c(C2=C(C(=O)OCC=C)N3C(=O)[C@H](CO)[C@H]3S2)s1. The summed E-state index contributed by atoms with van der Waals surface area (Å²) >= 11 is 2.63. The third-order valence-corrected chi connectivity index (χ3v) is 7.05. The molecule has 2 amide bonds. The fourth-order valence-corrected chi connectivity index (χ4v) is 5.66. The number of nitrogens with zero attached hydrogens (tertiary/aromatic N) is 2. The van der Waals surface area contributed by atoms with Gasteiger partial charge in [-0.15, -0.1) is 11.3 Å². The van der Waals surface area contributed by atoms with Crippen molar-refractivity contribution in [2.75, 3.05) is 19.8 Å². The van der Waals surface area contributed by atoms with Crippen LogP contribution >= 0.6 is 23.1 Å². The van der Waals surface area contributed by atoms with Crippen LogP contribution in [0.5, 0.6) is 0 Å². The molecule has 0 radical (unpaired) electrons. The predicted molar refractivity (Wildman–Crippen MR) is 112 cm³/mol. The molecule has 3 rings (SSSR count). The van der Waals surface area contributed by atoms with Crippen molar-refractivity contribution >= 4 is 46.0 Å². The second-order valence-electron chi connectivity index (χ2n) is 6.33. The molecular weight excluding hydrogens is 430 g/mol. The fourth-order valence-electron chi connectivity index (χ4n) is 2.98. The smallest absolute Gasteiger partial charge is 0.407 e. The van der Waals surface area contributed by atoms with Crippen molar-refractivity contribution in [2.24, 2.45) is 5.92 Å². The number of thiazole rings is 1. The van der Waals surface area contributed by atoms with Gasteiger partial charge in [0.15, 0.2) is 0 Å². The maximum absolute atomic E-state index is 12.7. The molecule has 0 spiro atoms. The second-order valence-corrected chi connectivity index (χ2v) is 8.54. The average Bonchev–Trinajstić information content (AvgIpc) is 3.27. The lowest BCUT2D eigenvalue weighted by molar-refractivity contribution is -0.154. The highest BCUT2D eigenvalue weighted by Gasteiger charge is 2.56. The Kier molecular flexibility index (Phi) is 6.95. The minimum Gasteiger partial charge on any atom is -0.457 e. The molecule has 0 saturated carbocycles. The zero-order valence-electron chi connectivity index (χ0n) is 16.3. The Bertz CT molecular complexity index is 925. The van der Waals surface area contributed by atoms with E-state index in [0.717, 1.165) is 0 Å². The third-order valence-electron chi connectivity index (χ3n) is 4.33. The van der Waals surface area contributed by atoms with E-state index in [-0.39, 0.29) is 43.3 Å². The van der Waals surface area contributed by atoms with Crippen LogP contribution < -0.4 is 5.32 Å². The van der Waals surface area contributed by atoms with E-state index in [2.05, 4.69) is 23.5 Å². The van der Waals surface area contributed by atoms with Crippen molar-refractivity contribution in [3.05, 3.63) is 46.6 Å². The van der Waals surface area contributed by atoms with E-state index >= 15 is 0 Å². The van der Waals surface area contributed by atoms with Crippen molar-refractivity contribution < 1.29 is 29.0 Å². The number of aryl methyl sites for hydroxylation is 1. The van der Waals surface area contributed by atoms with E-state index in [4.69, 9.17) is 9.47 Å². The molecule has 1 aromatic heterocycles. The average molecular weight is 452 g/mol. The molecule has 0 bridgehead atoms. The largest absolute Gasteiger partial charge is 0.457 e. The van der Waals surface area contributed by atoms with Gasteiger partial charge in [-0.3, -0.25) is 9.69 Å². The number of thioether (sulfide) groups is 1. The first-order chi connectivity index (χ1) is 14.4. The van der Waals surface area contributed by atoms with Gasteiger partial charge in [0.25, 0.3) is 0 Å². The minimum absolute atomic E-state index is 0.0140. The van der Waals surface area contributed by atoms with Gasteiger partial charge in [-0.1, -0.05) is 37.1 Å². The Labute approximate surface area is 181 Å². The highest BCUT2D eigenvalue weighted by atomic mass is 32.2. The lowest BCUT2D eigenvalue weighted by Gasteiger charge is -2.41. The van der Waals surface area contributed by atoms with E-state index in [0.29, 0.717) is 20.5 Å². The first-order valence-corrected chi connectivity index (χ1v) is 10.7. The van der Waals surface area contributed by atoms with Gasteiger partial charge in [0.2, 0.25) is 5.91 Å². The molecule has 0 unspecified atom stereocenters. The predicted octanol–water partition coefficient (Wildman–Crippen LogP) is 1.79. The standard InChI is InChI=1S/C19H21N3O6S2/c1-4-6-27-18(25)13-15(30-17-11(9-23)16(24)22(13)17)14-10(3)21-12(29-14)8-20-19(26)28-7-5-2/h4-5,11,17,23H,1-2,6-9H2,3H3,(H,20,26)/t11-,17+/m0/s1. The number of rotatable bonds is 9. The van der Waals surface area contributed by atoms with Gasteiger partial charge in [0.1, 0.15) is 29.3 Å². The van der Waals surface area contributed by atoms with Crippen LogP contribution in [0.1, 0.15) is 15.6 Å². The molecule has 1 saturated heterocycles. The molecule has 30 heavy (non-hydrogen) atoms. The van der Waals surface area contributed by atoms with Gasteiger partial charge in [-0.2, -0.15) is 0 Å². The topological polar surface area (TPSA) is 118 Å². The number of alkyl carbamates (subject to hydrolysis) is 1. The Morgan fingerprint density at radius 1 is 1.30 bits per heavy atom. The molecule has 9 nitrogen and oxygen atoms in total. The van der Waals surface area contributed by atoms with Crippen LogP contribution in [0.25, 0.3) is 4.91 Å². The molecule has 2 aliphatic rings. The van der Waals surface area contributed by atoms with Crippen molar-refractivity contribution in [2.45, 2.75) is 18.8 Å². The molecule has 1 aromatic rings. The van der Waals surface area contributed by atoms with Crippen LogP contribution in [0.3, 0.4) is 0 Å². The number of hydrogen-bond acceptors (Lipinski definition) is 9. The molecule has 2 N–H and O–H groups in total. The number of aliphatic hydroxyl groups excluding tert-OH is 1. The van der Waals surface area contributed by atoms with E-state index in [1.807, 2.05) is 0 Å². The number of hydrogen-bond donors (Lipinski definition) is 2. The molecule has 11 heteroatoms. The van der Waals surface area contributed by atoms with Gasteiger partial charge in [-0.05, 0) is 6.92 Å². The van der Waals surface area contributed by atoms with Crippen LogP contribution in [0.15, 0.2) is 31.0 Å². The zero-order chi connectivity index (χ0) is 21.8. The van der Waals surface area contributed by atoms with Gasteiger partial charge in [-0.25, -0.2) is 14.6 Å². The summed E-state index contributed by atoms with van der Waals surface area (Å²) in [6.45, 7) is 8.76. The summed E-state index contributed by atoms with van der Waals surface area (Å²) in [7, 11) is 0. The molecule has 0 aromatic carbocycles. The number of carbonyl (C=O) groups is 3. The first kappa shape index (κ1) is 22.1. The van der Waals surface area contributed by atoms with Crippen molar-refractivity contribution in [3.8, 4) is 0 Å². The minimum atomic E-state index is -0.634. The quantitative estimate of drug-likeness (QED) is 0.331. The third kappa shape index (κ3) is 4.13. The molecule has 1 fully saturated rings. The van der Waals surface area contributed by atoms with Crippen LogP contribution in [0.4, 0.5) is 4.79 Å². The number of aliphatic hydroxyl groups is 1. The Morgan fingerprint density at radius 2 is 2.00 bits per heavy atom. The summed E-state index contributed by atoms with van der Waals surface area (Å²) in [5.74, 6) is -1.52. The maximum Gasteiger partial charge on any atom is 0.407 e. The summed E-state index contributed by atoms with van der Waals surface area (Å²) in [6.07, 6.45) is 2.32. The summed E-state index contributed by atoms with van der Waals surface area (Å²) in [4.78, 5) is 43.8. The van der Waals surface area contributed by atoms with Crippen LogP contribution in [-0.2, 0) is 25.6 Å². The van der Waals surface area contributed by atoms with Crippen LogP contribution in [0, 0.1) is 12.8 Å². The van der Waals surface area contributed by atoms with Crippen LogP contribution in [0.2, 0.25) is 0 Å². The van der Waals surface area contributed by atoms with Crippen molar-refractivity contribution in [1.82, 2.24) is 15.2 Å². The maximum atomic E-state index is 12.7. The number of aromatic nitrogens is 1. The monoisotopic (exact) mass is 451 g/mol. The molecule has 160 valence electrons. The summed E-state index contributed by atoms with van der Waals surface area (Å²) in [5, 5.41) is 12.3. The Hall–Kier alpha value is -2.63. The summed E-state index contributed by atoms with van der Waals surface area (Å²) in [6, 6.07) is 0. The summed E-state index contributed by atoms with van der Waals surface area (Å²) < 4.78 is 10.0. The number of β-lactam (4-membered cyclic amide) rings is 1. The summed E-state index contributed by atoms with van der Waals surface area (Å²) in [5.41, 5.74) is 0.807. The zero-order valence-corrected chi connectivity index (χ0v) is 17.9. The number of fused-ring (bicyclic) bond motifs is 1. The number of ether oxygens (including phenoxy) is 2. The number of esters is 1. The fraction of sp³-hybridized carbons (Fsp3) is 0.368. The Balaban J connectivity index is 1.85. The molecule has 0 aliphatic carbocycles. The van der Waals surface area contributed by atoms with Gasteiger partial charge in [0.05, 0.1) is 34.5 Å². The van der Waals surface area contributed by atoms with E-state index in [1.54, 1.807) is 6.92 Å². The van der Waals surface area contributed by atoms with Gasteiger partial charge < -0.3 is 19.9 Å². The van der Waals surface area contributed by atoms with Crippen molar-refractivity contribution in [1.29, 1.82) is 0 Å². The highest BCUT2D eigenvalue weighted by molar-refractivity contribution is 8.09. The lowest BCUT2D eigenvalue weighted by atomic mass is 9.98. The number of amides is 2. The number of nitrogens with one attached hydrogen (secondary N) is 1. The van der Waals surface area contributed by atoms with E-state index < -0.39 is 18.0 Å². The molecule has 2 aliphatic heterocycles. The molecular formula is C19H21N3O6S2. The first-order valence-electron chi connectivity index (χ1n) is 9.04. The highest BCUT2D eigenvalue weighted by Crippen LogP contribution is 2.54. The van der Waals surface area contributed by atoms with Crippen molar-refractivity contribution in [3.63, 3.8) is 0 Å². The van der Waals surface area contributed by atoms with E-state index in [9.17, 15) is 19.5 Å². The Morgan fingerprint density at radius 3 is 2.67 bits per heavy atom. The van der Waals surface area contributed by atoms with Gasteiger partial charge >= 0.3 is 12.1 Å². The molecule has 2 atom stereocenters. The normalized spacial score (nSPS) is 19.8. The molecule has 3 heterocycles. The van der Waals surface area contributed by atoms with Gasteiger partial charge in [0, 0.05) is 0 Å². The lowest BCUT2D eigenvalue weighted by Crippen LogP contribution is -2.58. The van der Waals surface area contributed by atoms with Crippen LogP contribution in [-0.4, -0.2) is 58.2 Å². The number of carbonyl (C=O) groups excluding carboxylic acids is 3.